The molecule has 1 heteroatoms. The molecule has 10 heavy (non-hydrogen) atoms. The zero-order valence-corrected chi connectivity index (χ0v) is 7.39. The van der Waals surface area contributed by atoms with Crippen molar-refractivity contribution in [1.29, 1.82) is 0 Å². The third kappa shape index (κ3) is 4.80. The maximum absolute atomic E-state index is 7.45. The highest BCUT2D eigenvalue weighted by Crippen LogP contribution is 2.08. The van der Waals surface area contributed by atoms with Crippen LogP contribution in [0.1, 0.15) is 47.3 Å². The molecule has 2 atom stereocenters. The molecule has 0 bridgehead atoms. The Kier molecular flexibility index (Phi) is 5.70. The van der Waals surface area contributed by atoms with Gasteiger partial charge in [0.05, 0.1) is 6.10 Å². The predicted octanol–water partition coefficient (Wildman–Crippen LogP) is 2.99. The van der Waals surface area contributed by atoms with Gasteiger partial charge in [0.25, 0.3) is 0 Å². The highest BCUT2D eigenvalue weighted by atomic mass is 16.5. The molecule has 0 saturated carbocycles. The molecule has 0 fully saturated rings. The van der Waals surface area contributed by atoms with Crippen LogP contribution in [0, 0.1) is 0 Å². The van der Waals surface area contributed by atoms with Crippen LogP contribution in [-0.2, 0) is 4.74 Å². The second-order valence-corrected chi connectivity index (χ2v) is 2.60. The average molecular weight is 145 g/mol. The molecule has 0 amide bonds. The number of rotatable bonds is 6. The van der Waals surface area contributed by atoms with E-state index in [4.69, 9.17) is 6.11 Å². The van der Waals surface area contributed by atoms with Gasteiger partial charge in [0, 0.05) is 8.48 Å². The van der Waals surface area contributed by atoms with Crippen LogP contribution in [0.25, 0.3) is 0 Å². The van der Waals surface area contributed by atoms with Gasteiger partial charge in [0.2, 0.25) is 0 Å². The highest BCUT2D eigenvalue weighted by molar-refractivity contribution is 4.53. The maximum Gasteiger partial charge on any atom is 0.0568 e. The van der Waals surface area contributed by atoms with E-state index in [1.54, 1.807) is 7.11 Å². The van der Waals surface area contributed by atoms with E-state index in [1.807, 2.05) is 6.92 Å². The molecule has 0 saturated heterocycles. The Balaban J connectivity index is 3.36. The Morgan fingerprint density at radius 1 is 1.40 bits per heavy atom. The number of ether oxygens (including phenoxy) is 1. The molecular formula is C9H20O. The van der Waals surface area contributed by atoms with E-state index in [1.165, 1.54) is 19.3 Å². The van der Waals surface area contributed by atoms with E-state index >= 15 is 0 Å². The van der Waals surface area contributed by atoms with E-state index in [2.05, 4.69) is 6.92 Å². The lowest BCUT2D eigenvalue weighted by Gasteiger charge is -2.11. The van der Waals surface area contributed by atoms with Gasteiger partial charge in [-0.2, -0.15) is 0 Å². The van der Waals surface area contributed by atoms with Crippen LogP contribution in [0.2, 0.25) is 0 Å². The van der Waals surface area contributed by atoms with E-state index in [9.17, 15) is 0 Å². The molecule has 62 valence electrons. The van der Waals surface area contributed by atoms with Gasteiger partial charge in [-0.1, -0.05) is 33.1 Å². The normalized spacial score (nSPS) is 18.1. The number of unbranched alkanes of at least 4 members (excludes halogenated alkanes) is 2. The van der Waals surface area contributed by atoms with Gasteiger partial charge in [0.1, 0.15) is 0 Å². The molecule has 0 N–H and O–H groups in total. The number of methoxy groups -OCH3 is 1. The van der Waals surface area contributed by atoms with Crippen LogP contribution in [0.5, 0.6) is 0 Å². The smallest absolute Gasteiger partial charge is 0.0568 e. The Labute approximate surface area is 66.2 Å². The van der Waals surface area contributed by atoms with Crippen LogP contribution in [-0.4, -0.2) is 13.2 Å². The molecule has 0 radical (unpaired) electrons. The highest BCUT2D eigenvalue weighted by Gasteiger charge is 2.01. The van der Waals surface area contributed by atoms with Crippen molar-refractivity contribution in [2.45, 2.75) is 52.0 Å². The fourth-order valence-electron chi connectivity index (χ4n) is 1.02. The van der Waals surface area contributed by atoms with Crippen molar-refractivity contribution in [2.75, 3.05) is 7.11 Å². The fraction of sp³-hybridized carbons (Fsp3) is 1.00. The summed E-state index contributed by atoms with van der Waals surface area (Å²) in [6.45, 7) is 4.08. The molecule has 0 aliphatic carbocycles. The van der Waals surface area contributed by atoms with Crippen molar-refractivity contribution < 1.29 is 6.11 Å². The topological polar surface area (TPSA) is 9.23 Å². The molecule has 0 aliphatic heterocycles. The lowest BCUT2D eigenvalue weighted by molar-refractivity contribution is 0.0898. The average Bonchev–Trinajstić information content (AvgIpc) is 1.97. The monoisotopic (exact) mass is 145 g/mol. The second kappa shape index (κ2) is 7.07. The standard InChI is InChI=1S/C9H20O/c1-4-6-7-8-9(5-2)10-3/h9H,4-8H2,1-3H3/i5D. The third-order valence-electron chi connectivity index (χ3n) is 1.77. The minimum absolute atomic E-state index is 0.0862. The molecule has 0 aliphatic rings. The largest absolute Gasteiger partial charge is 0.381 e. The molecule has 0 heterocycles. The van der Waals surface area contributed by atoms with Gasteiger partial charge in [0.15, 0.2) is 0 Å². The van der Waals surface area contributed by atoms with Crippen molar-refractivity contribution in [3.8, 4) is 0 Å². The summed E-state index contributed by atoms with van der Waals surface area (Å²) in [6.07, 6.45) is 4.78. The maximum atomic E-state index is 7.45. The molecule has 2 unspecified atom stereocenters. The molecule has 0 aromatic carbocycles. The van der Waals surface area contributed by atoms with Gasteiger partial charge < -0.3 is 4.74 Å². The summed E-state index contributed by atoms with van der Waals surface area (Å²) < 4.78 is 12.6. The molecule has 0 aromatic rings. The Morgan fingerprint density at radius 2 is 2.10 bits per heavy atom. The van der Waals surface area contributed by atoms with Crippen molar-refractivity contribution in [1.82, 2.24) is 0 Å². The van der Waals surface area contributed by atoms with Crippen LogP contribution in [0.3, 0.4) is 0 Å². The van der Waals surface area contributed by atoms with Gasteiger partial charge in [-0.05, 0) is 12.8 Å². The summed E-state index contributed by atoms with van der Waals surface area (Å²) in [7, 11) is 1.70. The van der Waals surface area contributed by atoms with Gasteiger partial charge in [-0.15, -0.1) is 0 Å². The summed E-state index contributed by atoms with van der Waals surface area (Å²) in [5.74, 6) is 0. The van der Waals surface area contributed by atoms with Crippen molar-refractivity contribution >= 4 is 0 Å². The molecule has 0 rings (SSSR count). The summed E-state index contributed by atoms with van der Waals surface area (Å²) in [5, 5.41) is 0. The fourth-order valence-corrected chi connectivity index (χ4v) is 1.02. The van der Waals surface area contributed by atoms with Crippen LogP contribution >= 0.6 is 0 Å². The summed E-state index contributed by atoms with van der Waals surface area (Å²) in [5.41, 5.74) is 0. The van der Waals surface area contributed by atoms with Crippen molar-refractivity contribution in [2.24, 2.45) is 0 Å². The van der Waals surface area contributed by atoms with Crippen LogP contribution in [0.4, 0.5) is 0 Å². The minimum Gasteiger partial charge on any atom is -0.381 e. The summed E-state index contributed by atoms with van der Waals surface area (Å²) in [6, 6.07) is 0. The lowest BCUT2D eigenvalue weighted by atomic mass is 10.1. The van der Waals surface area contributed by atoms with Gasteiger partial charge >= 0.3 is 0 Å². The molecule has 0 aromatic heterocycles. The zero-order chi connectivity index (χ0) is 8.69. The first-order valence-corrected chi connectivity index (χ1v) is 4.17. The third-order valence-corrected chi connectivity index (χ3v) is 1.77. The van der Waals surface area contributed by atoms with E-state index in [-0.39, 0.29) is 12.5 Å². The predicted molar refractivity (Wildman–Crippen MR) is 45.2 cm³/mol. The Morgan fingerprint density at radius 3 is 2.50 bits per heavy atom. The van der Waals surface area contributed by atoms with Gasteiger partial charge in [-0.3, -0.25) is 0 Å². The van der Waals surface area contributed by atoms with Gasteiger partial charge in [-0.25, -0.2) is 0 Å². The minimum atomic E-state index is -0.0862. The van der Waals surface area contributed by atoms with Crippen LogP contribution < -0.4 is 0 Å². The Bertz CT molecular complexity index is 83.6. The lowest BCUT2D eigenvalue weighted by Crippen LogP contribution is -2.07. The van der Waals surface area contributed by atoms with Crippen molar-refractivity contribution in [3.63, 3.8) is 0 Å². The van der Waals surface area contributed by atoms with E-state index in [0.717, 1.165) is 6.42 Å². The van der Waals surface area contributed by atoms with Crippen LogP contribution in [0.15, 0.2) is 0 Å². The zero-order valence-electron chi connectivity index (χ0n) is 8.39. The summed E-state index contributed by atoms with van der Waals surface area (Å²) in [4.78, 5) is 0. The van der Waals surface area contributed by atoms with E-state index < -0.39 is 0 Å². The number of hydrogen-bond donors (Lipinski definition) is 0. The van der Waals surface area contributed by atoms with Crippen molar-refractivity contribution in [3.05, 3.63) is 0 Å². The Hall–Kier alpha value is -0.0400. The van der Waals surface area contributed by atoms with E-state index in [0.29, 0.717) is 0 Å². The quantitative estimate of drug-likeness (QED) is 0.522. The molecule has 0 spiro atoms. The first kappa shape index (κ1) is 8.06. The first-order chi connectivity index (χ1) is 5.22. The SMILES string of the molecule is [2H]C(C)C(CCCCC)OC. The summed E-state index contributed by atoms with van der Waals surface area (Å²) >= 11 is 0. The molecular weight excluding hydrogens is 124 g/mol. The first-order valence-electron chi connectivity index (χ1n) is 4.75. The number of hydrogen-bond acceptors (Lipinski definition) is 1. The molecule has 1 nitrogen and oxygen atoms in total. The second-order valence-electron chi connectivity index (χ2n) is 2.60.